The van der Waals surface area contributed by atoms with Crippen molar-refractivity contribution >= 4 is 22.2 Å². The minimum Gasteiger partial charge on any atom is -0.507 e. The molecule has 0 heterocycles. The van der Waals surface area contributed by atoms with Crippen molar-refractivity contribution in [2.45, 2.75) is 12.6 Å². The maximum atomic E-state index is 12.4. The van der Waals surface area contributed by atoms with E-state index in [4.69, 9.17) is 0 Å². The van der Waals surface area contributed by atoms with Crippen molar-refractivity contribution in [1.82, 2.24) is 0 Å². The molecule has 1 aromatic rings. The number of carbonyl (C=O) groups is 1. The summed E-state index contributed by atoms with van der Waals surface area (Å²) >= 11 is 2.88. The van der Waals surface area contributed by atoms with E-state index < -0.39 is 17.5 Å². The number of phenolic OH excluding ortho intramolecular Hbond substituents is 1. The lowest BCUT2D eigenvalue weighted by molar-refractivity contribution is -0.138. The molecule has 1 N–H and O–H groups in total. The third-order valence-electron chi connectivity index (χ3n) is 1.76. The molecule has 0 radical (unpaired) electrons. The van der Waals surface area contributed by atoms with Gasteiger partial charge >= 0.3 is 6.18 Å². The van der Waals surface area contributed by atoms with Crippen LogP contribution >= 0.6 is 15.9 Å². The molecule has 2 nitrogen and oxygen atoms in total. The average molecular weight is 283 g/mol. The summed E-state index contributed by atoms with van der Waals surface area (Å²) in [5.74, 6) is -0.891. The number of hydrogen-bond donors (Lipinski definition) is 1. The number of carbonyl (C=O) groups excluding carboxylic acids is 1. The van der Waals surface area contributed by atoms with Gasteiger partial charge in [0.15, 0.2) is 0 Å². The van der Waals surface area contributed by atoms with E-state index in [9.17, 15) is 23.1 Å². The first-order chi connectivity index (χ1) is 6.86. The third-order valence-corrected chi connectivity index (χ3v) is 2.22. The Balaban J connectivity index is 3.34. The molecule has 0 saturated heterocycles. The molecule has 0 aliphatic rings. The van der Waals surface area contributed by atoms with Crippen molar-refractivity contribution in [3.63, 3.8) is 0 Å². The van der Waals surface area contributed by atoms with Crippen molar-refractivity contribution in [2.24, 2.45) is 0 Å². The highest BCUT2D eigenvalue weighted by Crippen LogP contribution is 2.39. The molecule has 0 unspecified atom stereocenters. The largest absolute Gasteiger partial charge is 0.507 e. The third kappa shape index (κ3) is 2.71. The topological polar surface area (TPSA) is 37.3 Å². The molecule has 0 spiro atoms. The number of hydrogen-bond acceptors (Lipinski definition) is 2. The number of phenols is 1. The fraction of sp³-hybridized carbons (Fsp3) is 0.222. The lowest BCUT2D eigenvalue weighted by Gasteiger charge is -2.12. The molecule has 0 fully saturated rings. The van der Waals surface area contributed by atoms with Crippen LogP contribution in [0.1, 0.15) is 11.1 Å². The maximum Gasteiger partial charge on any atom is 0.420 e. The normalized spacial score (nSPS) is 11.5. The summed E-state index contributed by atoms with van der Waals surface area (Å²) < 4.78 is 37.3. The molecule has 6 heteroatoms. The first-order valence-corrected chi connectivity index (χ1v) is 4.67. The van der Waals surface area contributed by atoms with E-state index in [2.05, 4.69) is 15.9 Å². The summed E-state index contributed by atoms with van der Waals surface area (Å²) in [7, 11) is 0. The Bertz CT molecular complexity index is 388. The quantitative estimate of drug-likeness (QED) is 0.847. The number of halogens is 4. The molecule has 0 atom stereocenters. The van der Waals surface area contributed by atoms with Gasteiger partial charge in [-0.1, -0.05) is 15.9 Å². The van der Waals surface area contributed by atoms with E-state index in [0.717, 1.165) is 6.07 Å². The zero-order chi connectivity index (χ0) is 11.6. The van der Waals surface area contributed by atoms with E-state index in [1.807, 2.05) is 0 Å². The average Bonchev–Trinajstić information content (AvgIpc) is 2.09. The molecule has 0 bridgehead atoms. The Labute approximate surface area is 91.8 Å². The van der Waals surface area contributed by atoms with Crippen LogP contribution in [0.2, 0.25) is 0 Å². The number of aldehydes is 1. The van der Waals surface area contributed by atoms with E-state index in [1.54, 1.807) is 0 Å². The molecule has 0 aliphatic heterocycles. The van der Waals surface area contributed by atoms with E-state index in [1.165, 1.54) is 6.07 Å². The van der Waals surface area contributed by atoms with Crippen LogP contribution in [-0.2, 0) is 17.4 Å². The van der Waals surface area contributed by atoms with Crippen molar-refractivity contribution in [3.8, 4) is 5.75 Å². The molecule has 1 rings (SSSR count). The standard InChI is InChI=1S/C9H6BrF3O2/c10-6-3-5(1-2-14)8(15)7(4-6)9(11,12)13/h2-4,15H,1H2. The first-order valence-electron chi connectivity index (χ1n) is 3.88. The van der Waals surface area contributed by atoms with Crippen LogP contribution in [0.25, 0.3) is 0 Å². The first kappa shape index (κ1) is 12.0. The molecule has 0 amide bonds. The van der Waals surface area contributed by atoms with Gasteiger partial charge in [-0.3, -0.25) is 0 Å². The highest BCUT2D eigenvalue weighted by molar-refractivity contribution is 9.10. The van der Waals surface area contributed by atoms with Crippen molar-refractivity contribution < 1.29 is 23.1 Å². The van der Waals surface area contributed by atoms with Gasteiger partial charge in [-0.15, -0.1) is 0 Å². The predicted molar refractivity (Wildman–Crippen MR) is 50.6 cm³/mol. The molecule has 0 aliphatic carbocycles. The van der Waals surface area contributed by atoms with Gasteiger partial charge in [0.2, 0.25) is 0 Å². The van der Waals surface area contributed by atoms with Gasteiger partial charge in [-0.25, -0.2) is 0 Å². The second-order valence-corrected chi connectivity index (χ2v) is 3.75. The number of rotatable bonds is 2. The predicted octanol–water partition coefficient (Wildman–Crippen LogP) is 2.91. The van der Waals surface area contributed by atoms with Gasteiger partial charge < -0.3 is 9.90 Å². The van der Waals surface area contributed by atoms with Gasteiger partial charge in [-0.2, -0.15) is 13.2 Å². The van der Waals surface area contributed by atoms with Crippen molar-refractivity contribution in [2.75, 3.05) is 0 Å². The lowest BCUT2D eigenvalue weighted by Crippen LogP contribution is -2.07. The summed E-state index contributed by atoms with van der Waals surface area (Å²) in [5.41, 5.74) is -1.19. The second-order valence-electron chi connectivity index (χ2n) is 2.83. The van der Waals surface area contributed by atoms with Crippen LogP contribution in [0, 0.1) is 0 Å². The van der Waals surface area contributed by atoms with Crippen molar-refractivity contribution in [3.05, 3.63) is 27.7 Å². The van der Waals surface area contributed by atoms with Gasteiger partial charge in [-0.05, 0) is 12.1 Å². The van der Waals surface area contributed by atoms with Crippen LogP contribution < -0.4 is 0 Å². The molecule has 15 heavy (non-hydrogen) atoms. The van der Waals surface area contributed by atoms with Crippen molar-refractivity contribution in [1.29, 1.82) is 0 Å². The molecule has 0 aromatic heterocycles. The SMILES string of the molecule is O=CCc1cc(Br)cc(C(F)(F)F)c1O. The molecular weight excluding hydrogens is 277 g/mol. The minimum absolute atomic E-state index is 0.0494. The zero-order valence-corrected chi connectivity index (χ0v) is 8.89. The Morgan fingerprint density at radius 3 is 2.47 bits per heavy atom. The van der Waals surface area contributed by atoms with Gasteiger partial charge in [0.1, 0.15) is 12.0 Å². The molecular formula is C9H6BrF3O2. The fourth-order valence-corrected chi connectivity index (χ4v) is 1.62. The van der Waals surface area contributed by atoms with E-state index in [0.29, 0.717) is 6.29 Å². The van der Waals surface area contributed by atoms with E-state index in [-0.39, 0.29) is 16.5 Å². The Kier molecular flexibility index (Phi) is 3.38. The van der Waals surface area contributed by atoms with Crippen LogP contribution in [0.4, 0.5) is 13.2 Å². The summed E-state index contributed by atoms with van der Waals surface area (Å²) in [6, 6.07) is 2.04. The molecule has 82 valence electrons. The maximum absolute atomic E-state index is 12.4. The molecule has 0 saturated carbocycles. The Hall–Kier alpha value is -1.04. The summed E-state index contributed by atoms with van der Waals surface area (Å²) in [5, 5.41) is 9.28. The van der Waals surface area contributed by atoms with Crippen LogP contribution in [-0.4, -0.2) is 11.4 Å². The van der Waals surface area contributed by atoms with Crippen LogP contribution in [0.15, 0.2) is 16.6 Å². The lowest BCUT2D eigenvalue weighted by atomic mass is 10.1. The number of alkyl halides is 3. The van der Waals surface area contributed by atoms with Crippen LogP contribution in [0.5, 0.6) is 5.75 Å². The van der Waals surface area contributed by atoms with Gasteiger partial charge in [0.25, 0.3) is 0 Å². The second kappa shape index (κ2) is 4.22. The van der Waals surface area contributed by atoms with Gasteiger partial charge in [0, 0.05) is 16.5 Å². The molecule has 1 aromatic carbocycles. The minimum atomic E-state index is -4.63. The summed E-state index contributed by atoms with van der Waals surface area (Å²) in [4.78, 5) is 10.2. The van der Waals surface area contributed by atoms with Gasteiger partial charge in [0.05, 0.1) is 5.56 Å². The number of aromatic hydroxyl groups is 1. The Morgan fingerprint density at radius 2 is 2.00 bits per heavy atom. The summed E-state index contributed by atoms with van der Waals surface area (Å²) in [6.07, 6.45) is -4.46. The summed E-state index contributed by atoms with van der Waals surface area (Å²) in [6.45, 7) is 0. The smallest absolute Gasteiger partial charge is 0.420 e. The number of benzene rings is 1. The fourth-order valence-electron chi connectivity index (χ4n) is 1.12. The van der Waals surface area contributed by atoms with Crippen LogP contribution in [0.3, 0.4) is 0 Å². The highest BCUT2D eigenvalue weighted by atomic mass is 79.9. The Morgan fingerprint density at radius 1 is 1.40 bits per heavy atom. The van der Waals surface area contributed by atoms with E-state index >= 15 is 0 Å². The highest BCUT2D eigenvalue weighted by Gasteiger charge is 2.35. The monoisotopic (exact) mass is 282 g/mol. The zero-order valence-electron chi connectivity index (χ0n) is 7.31.